The Hall–Kier alpha value is -1.49. The molecule has 0 saturated heterocycles. The summed E-state index contributed by atoms with van der Waals surface area (Å²) >= 11 is 3.19. The molecule has 0 aliphatic heterocycles. The number of carboxylic acids is 1. The third-order valence-corrected chi connectivity index (χ3v) is 2.81. The van der Waals surface area contributed by atoms with Gasteiger partial charge in [0.1, 0.15) is 5.75 Å². The van der Waals surface area contributed by atoms with Gasteiger partial charge in [0, 0.05) is 17.1 Å². The maximum Gasteiger partial charge on any atom is 0.307 e. The molecule has 3 N–H and O–H groups in total. The molecular formula is C10H8BrNO3. The molecule has 0 atom stereocenters. The molecule has 0 fully saturated rings. The number of aromatic hydroxyl groups is 1. The predicted octanol–water partition coefficient (Wildman–Crippen LogP) is 2.26. The molecule has 1 heterocycles. The largest absolute Gasteiger partial charge is 0.507 e. The number of aromatic nitrogens is 1. The van der Waals surface area contributed by atoms with Gasteiger partial charge in [-0.1, -0.05) is 0 Å². The van der Waals surface area contributed by atoms with E-state index in [0.717, 1.165) is 10.9 Å². The first kappa shape index (κ1) is 10.0. The first-order valence-corrected chi connectivity index (χ1v) is 5.07. The molecule has 0 aliphatic rings. The van der Waals surface area contributed by atoms with E-state index in [2.05, 4.69) is 20.9 Å². The van der Waals surface area contributed by atoms with E-state index in [9.17, 15) is 9.90 Å². The Morgan fingerprint density at radius 1 is 1.47 bits per heavy atom. The normalized spacial score (nSPS) is 10.7. The van der Waals surface area contributed by atoms with Crippen LogP contribution in [-0.4, -0.2) is 21.2 Å². The van der Waals surface area contributed by atoms with Crippen molar-refractivity contribution in [3.8, 4) is 5.75 Å². The molecule has 0 spiro atoms. The number of carboxylic acid groups (broad SMARTS) is 1. The quantitative estimate of drug-likeness (QED) is 0.783. The summed E-state index contributed by atoms with van der Waals surface area (Å²) in [6.07, 6.45) is 1.59. The zero-order valence-corrected chi connectivity index (χ0v) is 9.21. The van der Waals surface area contributed by atoms with Crippen LogP contribution in [0.3, 0.4) is 0 Å². The summed E-state index contributed by atoms with van der Waals surface area (Å²) in [5.41, 5.74) is 1.47. The Balaban J connectivity index is 2.59. The molecule has 2 aromatic rings. The second kappa shape index (κ2) is 3.58. The number of halogens is 1. The van der Waals surface area contributed by atoms with Crippen LogP contribution in [0.25, 0.3) is 10.9 Å². The van der Waals surface area contributed by atoms with Crippen LogP contribution in [0.15, 0.2) is 22.8 Å². The van der Waals surface area contributed by atoms with Crippen LogP contribution in [0, 0.1) is 0 Å². The zero-order chi connectivity index (χ0) is 11.0. The van der Waals surface area contributed by atoms with Crippen molar-refractivity contribution in [3.05, 3.63) is 28.4 Å². The Labute approximate surface area is 93.7 Å². The number of fused-ring (bicyclic) bond motifs is 1. The number of phenolic OH excluding ortho intramolecular Hbond substituents is 1. The molecule has 0 bridgehead atoms. The van der Waals surface area contributed by atoms with Gasteiger partial charge in [0.05, 0.1) is 10.9 Å². The maximum atomic E-state index is 10.6. The van der Waals surface area contributed by atoms with E-state index in [1.165, 1.54) is 0 Å². The van der Waals surface area contributed by atoms with Gasteiger partial charge in [-0.2, -0.15) is 0 Å². The highest BCUT2D eigenvalue weighted by atomic mass is 79.9. The van der Waals surface area contributed by atoms with Crippen molar-refractivity contribution >= 4 is 32.8 Å². The molecule has 0 saturated carbocycles. The number of carbonyl (C=O) groups is 1. The van der Waals surface area contributed by atoms with E-state index in [-0.39, 0.29) is 12.2 Å². The fourth-order valence-electron chi connectivity index (χ4n) is 1.50. The van der Waals surface area contributed by atoms with Gasteiger partial charge in [-0.25, -0.2) is 0 Å². The highest BCUT2D eigenvalue weighted by molar-refractivity contribution is 9.10. The van der Waals surface area contributed by atoms with Crippen LogP contribution in [0.2, 0.25) is 0 Å². The number of hydrogen-bond acceptors (Lipinski definition) is 2. The average Bonchev–Trinajstić information content (AvgIpc) is 2.49. The second-order valence-electron chi connectivity index (χ2n) is 3.23. The molecule has 0 amide bonds. The summed E-state index contributed by atoms with van der Waals surface area (Å²) in [4.78, 5) is 13.5. The van der Waals surface area contributed by atoms with Crippen LogP contribution >= 0.6 is 15.9 Å². The fraction of sp³-hybridized carbons (Fsp3) is 0.100. The van der Waals surface area contributed by atoms with Crippen molar-refractivity contribution in [2.75, 3.05) is 0 Å². The van der Waals surface area contributed by atoms with E-state index in [0.29, 0.717) is 10.0 Å². The average molecular weight is 270 g/mol. The number of aliphatic carboxylic acids is 1. The summed E-state index contributed by atoms with van der Waals surface area (Å²) in [5, 5.41) is 18.9. The van der Waals surface area contributed by atoms with Crippen LogP contribution in [0.4, 0.5) is 0 Å². The number of phenols is 1. The van der Waals surface area contributed by atoms with Crippen molar-refractivity contribution in [1.29, 1.82) is 0 Å². The summed E-state index contributed by atoms with van der Waals surface area (Å²) in [5.74, 6) is -0.785. The number of benzene rings is 1. The SMILES string of the molecule is O=C(O)Cc1c[nH]c2cc(Br)c(O)cc12. The summed E-state index contributed by atoms with van der Waals surface area (Å²) in [7, 11) is 0. The number of aromatic amines is 1. The molecule has 15 heavy (non-hydrogen) atoms. The summed E-state index contributed by atoms with van der Waals surface area (Å²) in [6, 6.07) is 3.27. The Morgan fingerprint density at radius 2 is 2.20 bits per heavy atom. The number of H-pyrrole nitrogens is 1. The maximum absolute atomic E-state index is 10.6. The molecule has 78 valence electrons. The lowest BCUT2D eigenvalue weighted by Crippen LogP contribution is -1.98. The van der Waals surface area contributed by atoms with Crippen molar-refractivity contribution in [3.63, 3.8) is 0 Å². The van der Waals surface area contributed by atoms with Gasteiger partial charge in [0.25, 0.3) is 0 Å². The minimum atomic E-state index is -0.890. The highest BCUT2D eigenvalue weighted by Gasteiger charge is 2.09. The molecule has 1 aromatic heterocycles. The van der Waals surface area contributed by atoms with E-state index in [1.54, 1.807) is 18.3 Å². The fourth-order valence-corrected chi connectivity index (χ4v) is 1.84. The smallest absolute Gasteiger partial charge is 0.307 e. The van der Waals surface area contributed by atoms with Gasteiger partial charge in [0.2, 0.25) is 0 Å². The third-order valence-electron chi connectivity index (χ3n) is 2.18. The van der Waals surface area contributed by atoms with Crippen molar-refractivity contribution in [2.24, 2.45) is 0 Å². The lowest BCUT2D eigenvalue weighted by molar-refractivity contribution is -0.136. The van der Waals surface area contributed by atoms with E-state index >= 15 is 0 Å². The Bertz CT molecular complexity index is 533. The molecular weight excluding hydrogens is 262 g/mol. The van der Waals surface area contributed by atoms with Gasteiger partial charge < -0.3 is 15.2 Å². The lowest BCUT2D eigenvalue weighted by Gasteiger charge is -1.98. The lowest BCUT2D eigenvalue weighted by atomic mass is 10.1. The first-order chi connectivity index (χ1) is 7.08. The summed E-state index contributed by atoms with van der Waals surface area (Å²) < 4.78 is 0.582. The minimum Gasteiger partial charge on any atom is -0.507 e. The molecule has 4 nitrogen and oxygen atoms in total. The first-order valence-electron chi connectivity index (χ1n) is 4.28. The predicted molar refractivity (Wildman–Crippen MR) is 59.0 cm³/mol. The number of hydrogen-bond donors (Lipinski definition) is 3. The minimum absolute atomic E-state index is 0.0545. The van der Waals surface area contributed by atoms with E-state index in [4.69, 9.17) is 5.11 Å². The molecule has 0 aliphatic carbocycles. The Kier molecular flexibility index (Phi) is 2.40. The topological polar surface area (TPSA) is 73.3 Å². The van der Waals surface area contributed by atoms with Gasteiger partial charge in [-0.15, -0.1) is 0 Å². The van der Waals surface area contributed by atoms with Crippen LogP contribution in [0.1, 0.15) is 5.56 Å². The van der Waals surface area contributed by atoms with E-state index in [1.807, 2.05) is 0 Å². The standard InChI is InChI=1S/C10H8BrNO3/c11-7-3-8-6(2-9(7)13)5(4-12-8)1-10(14)15/h2-4,12-13H,1H2,(H,14,15). The van der Waals surface area contributed by atoms with Crippen LogP contribution in [-0.2, 0) is 11.2 Å². The second-order valence-corrected chi connectivity index (χ2v) is 4.09. The third kappa shape index (κ3) is 1.83. The molecule has 5 heteroatoms. The molecule has 0 radical (unpaired) electrons. The van der Waals surface area contributed by atoms with Crippen molar-refractivity contribution in [1.82, 2.24) is 4.98 Å². The van der Waals surface area contributed by atoms with Crippen LogP contribution in [0.5, 0.6) is 5.75 Å². The Morgan fingerprint density at radius 3 is 2.87 bits per heavy atom. The monoisotopic (exact) mass is 269 g/mol. The van der Waals surface area contributed by atoms with Crippen molar-refractivity contribution < 1.29 is 15.0 Å². The van der Waals surface area contributed by atoms with Gasteiger partial charge >= 0.3 is 5.97 Å². The molecule has 0 unspecified atom stereocenters. The van der Waals surface area contributed by atoms with Gasteiger partial charge in [0.15, 0.2) is 0 Å². The molecule has 1 aromatic carbocycles. The van der Waals surface area contributed by atoms with Gasteiger partial charge in [-0.05, 0) is 33.6 Å². The van der Waals surface area contributed by atoms with Gasteiger partial charge in [-0.3, -0.25) is 4.79 Å². The summed E-state index contributed by atoms with van der Waals surface area (Å²) in [6.45, 7) is 0. The zero-order valence-electron chi connectivity index (χ0n) is 7.62. The highest BCUT2D eigenvalue weighted by Crippen LogP contribution is 2.30. The van der Waals surface area contributed by atoms with Crippen LogP contribution < -0.4 is 0 Å². The number of nitrogens with one attached hydrogen (secondary N) is 1. The molecule has 2 rings (SSSR count). The van der Waals surface area contributed by atoms with Crippen molar-refractivity contribution in [2.45, 2.75) is 6.42 Å². The number of rotatable bonds is 2. The van der Waals surface area contributed by atoms with E-state index < -0.39 is 5.97 Å².